The van der Waals surface area contributed by atoms with Crippen LogP contribution in [0.5, 0.6) is 0 Å². The van der Waals surface area contributed by atoms with Gasteiger partial charge >= 0.3 is 5.97 Å². The number of aryl methyl sites for hydroxylation is 1. The van der Waals surface area contributed by atoms with Gasteiger partial charge in [0, 0.05) is 24.3 Å². The van der Waals surface area contributed by atoms with Crippen LogP contribution in [0.1, 0.15) is 52.5 Å². The average molecular weight is 474 g/mol. The molecule has 2 amide bonds. The summed E-state index contributed by atoms with van der Waals surface area (Å²) in [5.41, 5.74) is 6.46. The zero-order valence-electron chi connectivity index (χ0n) is 18.5. The molecule has 0 aromatic heterocycles. The van der Waals surface area contributed by atoms with Crippen LogP contribution in [0.25, 0.3) is 0 Å². The van der Waals surface area contributed by atoms with Gasteiger partial charge < -0.3 is 15.8 Å². The van der Waals surface area contributed by atoms with Gasteiger partial charge in [-0.1, -0.05) is 12.5 Å². The van der Waals surface area contributed by atoms with Crippen LogP contribution in [0.4, 0.5) is 5.69 Å². The summed E-state index contributed by atoms with van der Waals surface area (Å²) < 4.78 is 32.8. The van der Waals surface area contributed by atoms with Crippen molar-refractivity contribution in [1.82, 2.24) is 4.31 Å². The first-order valence-corrected chi connectivity index (χ1v) is 12.1. The number of carbonyl (C=O) groups is 3. The molecular formula is C23H27N3O6S. The normalized spacial score (nSPS) is 15.5. The molecule has 33 heavy (non-hydrogen) atoms. The minimum Gasteiger partial charge on any atom is -0.449 e. The van der Waals surface area contributed by atoms with Gasteiger partial charge in [-0.3, -0.25) is 9.59 Å². The van der Waals surface area contributed by atoms with Crippen molar-refractivity contribution in [3.05, 3.63) is 59.2 Å². The predicted octanol–water partition coefficient (Wildman–Crippen LogP) is 2.45. The third-order valence-electron chi connectivity index (χ3n) is 5.45. The van der Waals surface area contributed by atoms with E-state index >= 15 is 0 Å². The van der Waals surface area contributed by atoms with E-state index in [-0.39, 0.29) is 10.5 Å². The second-order valence-electron chi connectivity index (χ2n) is 7.92. The Balaban J connectivity index is 1.69. The number of rotatable bonds is 7. The van der Waals surface area contributed by atoms with Gasteiger partial charge in [-0.2, -0.15) is 4.31 Å². The molecule has 10 heteroatoms. The van der Waals surface area contributed by atoms with Gasteiger partial charge in [0.15, 0.2) is 6.10 Å². The predicted molar refractivity (Wildman–Crippen MR) is 122 cm³/mol. The molecular weight excluding hydrogens is 446 g/mol. The van der Waals surface area contributed by atoms with Crippen LogP contribution in [0, 0.1) is 6.92 Å². The topological polar surface area (TPSA) is 136 Å². The highest BCUT2D eigenvalue weighted by molar-refractivity contribution is 7.89. The highest BCUT2D eigenvalue weighted by atomic mass is 32.2. The Morgan fingerprint density at radius 2 is 1.61 bits per heavy atom. The largest absolute Gasteiger partial charge is 0.449 e. The Morgan fingerprint density at radius 1 is 1.00 bits per heavy atom. The van der Waals surface area contributed by atoms with E-state index in [0.29, 0.717) is 29.9 Å². The van der Waals surface area contributed by atoms with E-state index in [1.54, 1.807) is 13.0 Å². The first-order chi connectivity index (χ1) is 15.6. The maximum atomic E-state index is 13.1. The molecule has 1 heterocycles. The van der Waals surface area contributed by atoms with E-state index in [0.717, 1.165) is 19.3 Å². The van der Waals surface area contributed by atoms with Gasteiger partial charge in [0.2, 0.25) is 15.9 Å². The van der Waals surface area contributed by atoms with Crippen molar-refractivity contribution in [1.29, 1.82) is 0 Å². The number of carbonyl (C=O) groups excluding carboxylic acids is 3. The second kappa shape index (κ2) is 10.1. The molecule has 0 bridgehead atoms. The summed E-state index contributed by atoms with van der Waals surface area (Å²) in [7, 11) is -3.73. The van der Waals surface area contributed by atoms with Crippen LogP contribution < -0.4 is 11.1 Å². The Kier molecular flexibility index (Phi) is 7.50. The van der Waals surface area contributed by atoms with E-state index in [4.69, 9.17) is 10.5 Å². The minimum absolute atomic E-state index is 0.0432. The van der Waals surface area contributed by atoms with Crippen LogP contribution in [-0.2, 0) is 19.6 Å². The molecule has 0 spiro atoms. The smallest absolute Gasteiger partial charge is 0.338 e. The number of anilines is 1. The molecule has 1 saturated heterocycles. The van der Waals surface area contributed by atoms with Crippen molar-refractivity contribution in [2.75, 3.05) is 18.4 Å². The number of ether oxygens (including phenoxy) is 1. The highest BCUT2D eigenvalue weighted by Crippen LogP contribution is 2.25. The van der Waals surface area contributed by atoms with E-state index in [2.05, 4.69) is 5.32 Å². The number of hydrogen-bond donors (Lipinski definition) is 2. The fraction of sp³-hybridized carbons (Fsp3) is 0.348. The summed E-state index contributed by atoms with van der Waals surface area (Å²) in [6.45, 7) is 3.98. The zero-order chi connectivity index (χ0) is 24.2. The lowest BCUT2D eigenvalue weighted by Crippen LogP contribution is -2.36. The quantitative estimate of drug-likeness (QED) is 0.593. The van der Waals surface area contributed by atoms with Crippen molar-refractivity contribution < 1.29 is 27.5 Å². The fourth-order valence-electron chi connectivity index (χ4n) is 3.49. The van der Waals surface area contributed by atoms with Gasteiger partial charge in [-0.05, 0) is 68.7 Å². The van der Waals surface area contributed by atoms with Crippen LogP contribution in [0.2, 0.25) is 0 Å². The summed E-state index contributed by atoms with van der Waals surface area (Å²) in [5, 5.41) is 2.58. The molecule has 2 aromatic carbocycles. The molecule has 1 aliphatic heterocycles. The van der Waals surface area contributed by atoms with Crippen LogP contribution >= 0.6 is 0 Å². The van der Waals surface area contributed by atoms with Gasteiger partial charge in [-0.15, -0.1) is 0 Å². The molecule has 0 saturated carbocycles. The first-order valence-electron chi connectivity index (χ1n) is 10.6. The van der Waals surface area contributed by atoms with E-state index in [9.17, 15) is 22.8 Å². The molecule has 0 aliphatic carbocycles. The molecule has 3 rings (SSSR count). The van der Waals surface area contributed by atoms with Crippen molar-refractivity contribution in [2.24, 2.45) is 5.73 Å². The molecule has 2 aromatic rings. The van der Waals surface area contributed by atoms with Crippen molar-refractivity contribution in [3.63, 3.8) is 0 Å². The van der Waals surface area contributed by atoms with E-state index in [1.807, 2.05) is 0 Å². The summed E-state index contributed by atoms with van der Waals surface area (Å²) in [4.78, 5) is 36.2. The molecule has 1 aliphatic rings. The SMILES string of the molecule is Cc1ccc(C(=O)OC(C)C(=O)Nc2ccc(C(N)=O)cc2)cc1S(=O)(=O)N1CCCCC1. The lowest BCUT2D eigenvalue weighted by Gasteiger charge is -2.26. The second-order valence-corrected chi connectivity index (χ2v) is 9.83. The van der Waals surface area contributed by atoms with Crippen LogP contribution in [0.3, 0.4) is 0 Å². The molecule has 1 atom stereocenters. The molecule has 3 N–H and O–H groups in total. The first kappa shape index (κ1) is 24.4. The number of nitrogens with zero attached hydrogens (tertiary/aromatic N) is 1. The lowest BCUT2D eigenvalue weighted by molar-refractivity contribution is -0.123. The third-order valence-corrected chi connectivity index (χ3v) is 7.49. The van der Waals surface area contributed by atoms with Gasteiger partial charge in [0.05, 0.1) is 10.5 Å². The van der Waals surface area contributed by atoms with Gasteiger partial charge in [0.25, 0.3) is 5.91 Å². The van der Waals surface area contributed by atoms with Gasteiger partial charge in [0.1, 0.15) is 0 Å². The monoisotopic (exact) mass is 473 g/mol. The summed E-state index contributed by atoms with van der Waals surface area (Å²) in [6, 6.07) is 10.3. The Bertz CT molecular complexity index is 1160. The van der Waals surface area contributed by atoms with Crippen LogP contribution in [0.15, 0.2) is 47.4 Å². The highest BCUT2D eigenvalue weighted by Gasteiger charge is 2.29. The number of hydrogen-bond acceptors (Lipinski definition) is 6. The number of esters is 1. The standard InChI is InChI=1S/C23H27N3O6S/c1-15-6-7-18(14-20(15)33(30,31)26-12-4-3-5-13-26)23(29)32-16(2)22(28)25-19-10-8-17(9-11-19)21(24)27/h6-11,14,16H,3-5,12-13H2,1-2H3,(H2,24,27)(H,25,28). The van der Waals surface area contributed by atoms with E-state index < -0.39 is 33.9 Å². The minimum atomic E-state index is -3.73. The number of nitrogens with two attached hydrogens (primary N) is 1. The molecule has 0 radical (unpaired) electrons. The van der Waals surface area contributed by atoms with Crippen molar-refractivity contribution in [3.8, 4) is 0 Å². The number of sulfonamides is 1. The summed E-state index contributed by atoms with van der Waals surface area (Å²) >= 11 is 0. The van der Waals surface area contributed by atoms with Crippen LogP contribution in [-0.4, -0.2) is 49.7 Å². The van der Waals surface area contributed by atoms with Crippen molar-refractivity contribution in [2.45, 2.75) is 44.1 Å². The van der Waals surface area contributed by atoms with E-state index in [1.165, 1.54) is 47.6 Å². The number of primary amides is 1. The number of benzene rings is 2. The maximum Gasteiger partial charge on any atom is 0.338 e. The fourth-order valence-corrected chi connectivity index (χ4v) is 5.26. The zero-order valence-corrected chi connectivity index (χ0v) is 19.4. The lowest BCUT2D eigenvalue weighted by atomic mass is 10.1. The summed E-state index contributed by atoms with van der Waals surface area (Å²) in [6.07, 6.45) is 1.46. The Morgan fingerprint density at radius 3 is 2.21 bits per heavy atom. The number of amides is 2. The molecule has 1 fully saturated rings. The molecule has 1 unspecified atom stereocenters. The maximum absolute atomic E-state index is 13.1. The van der Waals surface area contributed by atoms with Crippen molar-refractivity contribution >= 4 is 33.5 Å². The number of piperidine rings is 1. The molecule has 176 valence electrons. The Hall–Kier alpha value is -3.24. The number of nitrogens with one attached hydrogen (secondary N) is 1. The third kappa shape index (κ3) is 5.77. The average Bonchev–Trinajstić information content (AvgIpc) is 2.80. The summed E-state index contributed by atoms with van der Waals surface area (Å²) in [5.74, 6) is -1.98. The molecule has 9 nitrogen and oxygen atoms in total. The van der Waals surface area contributed by atoms with Gasteiger partial charge in [-0.25, -0.2) is 13.2 Å². The Labute approximate surface area is 193 Å².